The second-order valence-electron chi connectivity index (χ2n) is 8.30. The second kappa shape index (κ2) is 8.04. The highest BCUT2D eigenvalue weighted by Gasteiger charge is 2.61. The van der Waals surface area contributed by atoms with E-state index in [0.29, 0.717) is 18.9 Å². The van der Waals surface area contributed by atoms with Gasteiger partial charge in [-0.2, -0.15) is 0 Å². The first kappa shape index (κ1) is 22.5. The molecule has 2 N–H and O–H groups in total. The number of carbonyl (C=O) groups is 1. The van der Waals surface area contributed by atoms with E-state index in [-0.39, 0.29) is 29.7 Å². The van der Waals surface area contributed by atoms with Crippen molar-refractivity contribution in [2.24, 2.45) is 5.41 Å². The number of hydrogen-bond acceptors (Lipinski definition) is 3. The Balaban J connectivity index is 1.71. The van der Waals surface area contributed by atoms with Gasteiger partial charge in [0, 0.05) is 23.6 Å². The average Bonchev–Trinajstić information content (AvgIpc) is 3.43. The number of carboxylic acid groups (broad SMARTS) is 1. The third-order valence-electron chi connectivity index (χ3n) is 6.20. The Hall–Kier alpha value is -2.66. The number of nitrogens with zero attached hydrogens (tertiary/aromatic N) is 1. The number of hydrogen-bond donors (Lipinski definition) is 2. The number of amides is 1. The molecule has 1 saturated heterocycles. The number of benzene rings is 2. The number of halogens is 4. The van der Waals surface area contributed by atoms with Gasteiger partial charge in [0.05, 0.1) is 12.1 Å². The van der Waals surface area contributed by atoms with Crippen LogP contribution in [0.5, 0.6) is 0 Å². The highest BCUT2D eigenvalue weighted by atomic mass is 32.2. The van der Waals surface area contributed by atoms with Crippen molar-refractivity contribution in [1.29, 1.82) is 0 Å². The van der Waals surface area contributed by atoms with Gasteiger partial charge in [0.2, 0.25) is 16.0 Å². The molecule has 6 nitrogen and oxygen atoms in total. The summed E-state index contributed by atoms with van der Waals surface area (Å²) >= 11 is 0. The summed E-state index contributed by atoms with van der Waals surface area (Å²) in [5, 5.41) is 9.66. The molecule has 1 heterocycles. The normalized spacial score (nSPS) is 21.8. The fourth-order valence-corrected chi connectivity index (χ4v) is 5.39. The highest BCUT2D eigenvalue weighted by Crippen LogP contribution is 2.55. The molecule has 1 spiro atoms. The maximum absolute atomic E-state index is 15.3. The van der Waals surface area contributed by atoms with Gasteiger partial charge in [0.15, 0.2) is 0 Å². The van der Waals surface area contributed by atoms with E-state index in [0.717, 1.165) is 17.0 Å². The lowest BCUT2D eigenvalue weighted by Gasteiger charge is -2.28. The molecule has 1 aliphatic heterocycles. The molecule has 1 amide bonds. The summed E-state index contributed by atoms with van der Waals surface area (Å²) in [6.07, 6.45) is -0.396. The van der Waals surface area contributed by atoms with Crippen molar-refractivity contribution in [2.75, 3.05) is 12.6 Å². The van der Waals surface area contributed by atoms with Crippen LogP contribution in [-0.4, -0.2) is 49.2 Å². The summed E-state index contributed by atoms with van der Waals surface area (Å²) < 4.78 is 81.6. The van der Waals surface area contributed by atoms with Gasteiger partial charge in [0.25, 0.3) is 0 Å². The van der Waals surface area contributed by atoms with E-state index in [4.69, 9.17) is 0 Å². The molecule has 0 radical (unpaired) electrons. The number of alkyl halides is 1. The molecule has 2 aliphatic rings. The van der Waals surface area contributed by atoms with Crippen molar-refractivity contribution in [3.05, 3.63) is 59.4 Å². The maximum atomic E-state index is 15.3. The SMILES string of the molecule is O=C(O)N1CC2(CC2)[C@H](NS(=O)(=O)CF)[C@@H]1Cc1cccc(-c2cc(F)cc(F)c2)c1F. The van der Waals surface area contributed by atoms with E-state index in [2.05, 4.69) is 4.72 Å². The van der Waals surface area contributed by atoms with Crippen LogP contribution in [0.4, 0.5) is 22.4 Å². The Morgan fingerprint density at radius 1 is 1.16 bits per heavy atom. The zero-order valence-corrected chi connectivity index (χ0v) is 17.5. The van der Waals surface area contributed by atoms with Crippen molar-refractivity contribution in [3.8, 4) is 11.1 Å². The molecule has 2 fully saturated rings. The first-order valence-electron chi connectivity index (χ1n) is 9.85. The van der Waals surface area contributed by atoms with Crippen LogP contribution < -0.4 is 4.72 Å². The van der Waals surface area contributed by atoms with Gasteiger partial charge in [0.1, 0.15) is 17.5 Å². The lowest BCUT2D eigenvalue weighted by atomic mass is 9.91. The largest absolute Gasteiger partial charge is 0.465 e. The van der Waals surface area contributed by atoms with Gasteiger partial charge < -0.3 is 10.0 Å². The van der Waals surface area contributed by atoms with E-state index >= 15 is 4.39 Å². The summed E-state index contributed by atoms with van der Waals surface area (Å²) in [5.41, 5.74) is -0.726. The third kappa shape index (κ3) is 4.18. The van der Waals surface area contributed by atoms with E-state index < -0.39 is 57.1 Å². The molecule has 2 atom stereocenters. The molecule has 2 aromatic rings. The molecule has 4 rings (SSSR count). The summed E-state index contributed by atoms with van der Waals surface area (Å²) in [7, 11) is -4.29. The number of sulfonamides is 1. The topological polar surface area (TPSA) is 86.7 Å². The third-order valence-corrected chi connectivity index (χ3v) is 7.10. The molecular formula is C21H20F4N2O4S. The van der Waals surface area contributed by atoms with Gasteiger partial charge in [-0.3, -0.25) is 0 Å². The number of likely N-dealkylation sites (tertiary alicyclic amines) is 1. The molecular weight excluding hydrogens is 452 g/mol. The van der Waals surface area contributed by atoms with E-state index in [1.54, 1.807) is 0 Å². The average molecular weight is 472 g/mol. The second-order valence-corrected chi connectivity index (χ2v) is 9.98. The van der Waals surface area contributed by atoms with Gasteiger partial charge in [-0.1, -0.05) is 18.2 Å². The first-order valence-corrected chi connectivity index (χ1v) is 11.5. The Labute approximate surface area is 181 Å². The van der Waals surface area contributed by atoms with Gasteiger partial charge in [-0.05, 0) is 42.5 Å². The summed E-state index contributed by atoms with van der Waals surface area (Å²) in [6, 6.07) is 3.24. The Bertz CT molecular complexity index is 1150. The van der Waals surface area contributed by atoms with E-state index in [1.165, 1.54) is 18.2 Å². The minimum atomic E-state index is -4.29. The quantitative estimate of drug-likeness (QED) is 0.629. The Kier molecular flexibility index (Phi) is 5.66. The predicted molar refractivity (Wildman–Crippen MR) is 107 cm³/mol. The van der Waals surface area contributed by atoms with Crippen LogP contribution in [0.25, 0.3) is 11.1 Å². The molecule has 0 unspecified atom stereocenters. The Morgan fingerprint density at radius 2 is 1.81 bits per heavy atom. The maximum Gasteiger partial charge on any atom is 0.407 e. The number of rotatable bonds is 6. The molecule has 32 heavy (non-hydrogen) atoms. The van der Waals surface area contributed by atoms with Crippen LogP contribution in [0.2, 0.25) is 0 Å². The minimum absolute atomic E-state index is 0.0308. The monoisotopic (exact) mass is 472 g/mol. The van der Waals surface area contributed by atoms with E-state index in [1.807, 2.05) is 0 Å². The van der Waals surface area contributed by atoms with Crippen molar-refractivity contribution in [3.63, 3.8) is 0 Å². The summed E-state index contributed by atoms with van der Waals surface area (Å²) in [5.74, 6) is -2.56. The van der Waals surface area contributed by atoms with Crippen molar-refractivity contribution < 1.29 is 35.9 Å². The smallest absolute Gasteiger partial charge is 0.407 e. The molecule has 1 saturated carbocycles. The molecule has 0 bridgehead atoms. The van der Waals surface area contributed by atoms with Crippen LogP contribution in [0.3, 0.4) is 0 Å². The predicted octanol–water partition coefficient (Wildman–Crippen LogP) is 3.67. The van der Waals surface area contributed by atoms with Gasteiger partial charge in [-0.15, -0.1) is 0 Å². The van der Waals surface area contributed by atoms with E-state index in [9.17, 15) is 31.5 Å². The number of nitrogens with one attached hydrogen (secondary N) is 1. The zero-order chi connectivity index (χ0) is 23.3. The molecule has 2 aromatic carbocycles. The zero-order valence-electron chi connectivity index (χ0n) is 16.7. The standard InChI is InChI=1S/C21H20F4N2O4S/c22-11-32(30,31)26-19-17(27(20(28)29)10-21(19)4-5-21)8-12-2-1-3-16(18(12)25)13-6-14(23)9-15(24)7-13/h1-3,6-7,9,17,19,26H,4-5,8,10-11H2,(H,28,29)/t17-,19+/m0/s1. The first-order chi connectivity index (χ1) is 15.0. The van der Waals surface area contributed by atoms with Crippen molar-refractivity contribution in [2.45, 2.75) is 31.3 Å². The fraction of sp³-hybridized carbons (Fsp3) is 0.381. The highest BCUT2D eigenvalue weighted by molar-refractivity contribution is 7.89. The fourth-order valence-electron chi connectivity index (χ4n) is 4.53. The van der Waals surface area contributed by atoms with Crippen molar-refractivity contribution >= 4 is 16.1 Å². The van der Waals surface area contributed by atoms with Gasteiger partial charge in [-0.25, -0.2) is 35.5 Å². The molecule has 0 aromatic heterocycles. The van der Waals surface area contributed by atoms with Crippen LogP contribution in [0, 0.1) is 22.9 Å². The van der Waals surface area contributed by atoms with Gasteiger partial charge >= 0.3 is 6.09 Å². The van der Waals surface area contributed by atoms with Crippen molar-refractivity contribution in [1.82, 2.24) is 9.62 Å². The summed E-state index contributed by atoms with van der Waals surface area (Å²) in [4.78, 5) is 12.9. The summed E-state index contributed by atoms with van der Waals surface area (Å²) in [6.45, 7) is 0.0445. The molecule has 172 valence electrons. The lowest BCUT2D eigenvalue weighted by molar-refractivity contribution is 0.136. The molecule has 1 aliphatic carbocycles. The lowest BCUT2D eigenvalue weighted by Crippen LogP contribution is -2.49. The Morgan fingerprint density at radius 3 is 2.38 bits per heavy atom. The van der Waals surface area contributed by atoms with Crippen LogP contribution in [-0.2, 0) is 16.4 Å². The van der Waals surface area contributed by atoms with Crippen LogP contribution >= 0.6 is 0 Å². The van der Waals surface area contributed by atoms with Crippen LogP contribution in [0.1, 0.15) is 18.4 Å². The molecule has 11 heteroatoms. The van der Waals surface area contributed by atoms with Crippen LogP contribution in [0.15, 0.2) is 36.4 Å². The minimum Gasteiger partial charge on any atom is -0.465 e.